The molecule has 1 N–H and O–H groups in total. The van der Waals surface area contributed by atoms with Gasteiger partial charge in [-0.2, -0.15) is 0 Å². The van der Waals surface area contributed by atoms with Crippen molar-refractivity contribution in [2.45, 2.75) is 33.5 Å². The van der Waals surface area contributed by atoms with Crippen LogP contribution in [0.25, 0.3) is 11.3 Å². The second-order valence-corrected chi connectivity index (χ2v) is 4.79. The van der Waals surface area contributed by atoms with Crippen LogP contribution in [0.3, 0.4) is 0 Å². The zero-order valence-electron chi connectivity index (χ0n) is 11.6. The van der Waals surface area contributed by atoms with Crippen LogP contribution >= 0.6 is 0 Å². The van der Waals surface area contributed by atoms with Gasteiger partial charge in [0, 0.05) is 11.3 Å². The molecule has 0 aliphatic carbocycles. The van der Waals surface area contributed by atoms with Crippen LogP contribution in [-0.4, -0.2) is 16.2 Å². The van der Waals surface area contributed by atoms with Gasteiger partial charge in [-0.25, -0.2) is 0 Å². The highest BCUT2D eigenvalue weighted by Gasteiger charge is 2.04. The van der Waals surface area contributed by atoms with Gasteiger partial charge in [-0.1, -0.05) is 6.07 Å². The standard InChI is InChI=1S/C16H19NO2/c1-11(2)19-15-7-4-13(5-8-15)16-9-6-14(10-18)12(3)17-16/h4-9,11,18H,10H2,1-3H3. The average Bonchev–Trinajstić information content (AvgIpc) is 2.39. The van der Waals surface area contributed by atoms with Gasteiger partial charge in [0.05, 0.1) is 18.4 Å². The highest BCUT2D eigenvalue weighted by molar-refractivity contribution is 5.60. The van der Waals surface area contributed by atoms with Gasteiger partial charge in [0.25, 0.3) is 0 Å². The van der Waals surface area contributed by atoms with Gasteiger partial charge in [-0.15, -0.1) is 0 Å². The molecule has 0 atom stereocenters. The second-order valence-electron chi connectivity index (χ2n) is 4.79. The molecule has 0 amide bonds. The van der Waals surface area contributed by atoms with E-state index in [9.17, 15) is 0 Å². The van der Waals surface area contributed by atoms with Crippen molar-refractivity contribution in [2.75, 3.05) is 0 Å². The van der Waals surface area contributed by atoms with Gasteiger partial charge >= 0.3 is 0 Å². The maximum absolute atomic E-state index is 9.14. The maximum Gasteiger partial charge on any atom is 0.119 e. The van der Waals surface area contributed by atoms with Crippen molar-refractivity contribution < 1.29 is 9.84 Å². The lowest BCUT2D eigenvalue weighted by molar-refractivity contribution is 0.242. The highest BCUT2D eigenvalue weighted by Crippen LogP contribution is 2.22. The molecular weight excluding hydrogens is 238 g/mol. The summed E-state index contributed by atoms with van der Waals surface area (Å²) in [5, 5.41) is 9.14. The van der Waals surface area contributed by atoms with E-state index in [1.54, 1.807) is 0 Å². The summed E-state index contributed by atoms with van der Waals surface area (Å²) in [7, 11) is 0. The molecule has 1 heterocycles. The van der Waals surface area contributed by atoms with Crippen LogP contribution in [0.2, 0.25) is 0 Å². The molecule has 0 bridgehead atoms. The number of hydrogen-bond acceptors (Lipinski definition) is 3. The van der Waals surface area contributed by atoms with Crippen molar-refractivity contribution in [2.24, 2.45) is 0 Å². The number of aromatic nitrogens is 1. The Morgan fingerprint density at radius 2 is 1.79 bits per heavy atom. The zero-order chi connectivity index (χ0) is 13.8. The molecule has 0 spiro atoms. The number of pyridine rings is 1. The normalized spacial score (nSPS) is 10.8. The minimum Gasteiger partial charge on any atom is -0.491 e. The first kappa shape index (κ1) is 13.6. The summed E-state index contributed by atoms with van der Waals surface area (Å²) >= 11 is 0. The third-order valence-electron chi connectivity index (χ3n) is 2.89. The van der Waals surface area contributed by atoms with E-state index >= 15 is 0 Å². The van der Waals surface area contributed by atoms with Gasteiger partial charge in [-0.05, 0) is 56.7 Å². The largest absolute Gasteiger partial charge is 0.491 e. The maximum atomic E-state index is 9.14. The average molecular weight is 257 g/mol. The Balaban J connectivity index is 2.24. The topological polar surface area (TPSA) is 42.4 Å². The highest BCUT2D eigenvalue weighted by atomic mass is 16.5. The first-order valence-corrected chi connectivity index (χ1v) is 6.44. The van der Waals surface area contributed by atoms with Crippen molar-refractivity contribution >= 4 is 0 Å². The number of aliphatic hydroxyl groups is 1. The van der Waals surface area contributed by atoms with Crippen molar-refractivity contribution in [3.05, 3.63) is 47.7 Å². The molecule has 0 radical (unpaired) electrons. The van der Waals surface area contributed by atoms with Gasteiger partial charge in [0.1, 0.15) is 5.75 Å². The lowest BCUT2D eigenvalue weighted by atomic mass is 10.1. The third kappa shape index (κ3) is 3.32. The molecule has 0 fully saturated rings. The molecule has 2 rings (SSSR count). The predicted molar refractivity (Wildman–Crippen MR) is 76.1 cm³/mol. The van der Waals surface area contributed by atoms with Gasteiger partial charge in [-0.3, -0.25) is 4.98 Å². The Morgan fingerprint density at radius 3 is 2.32 bits per heavy atom. The number of hydrogen-bond donors (Lipinski definition) is 1. The lowest BCUT2D eigenvalue weighted by Gasteiger charge is -2.10. The molecular formula is C16H19NO2. The van der Waals surface area contributed by atoms with Crippen LogP contribution in [0.5, 0.6) is 5.75 Å². The SMILES string of the molecule is Cc1nc(-c2ccc(OC(C)C)cc2)ccc1CO. The molecule has 0 saturated carbocycles. The first-order chi connectivity index (χ1) is 9.10. The first-order valence-electron chi connectivity index (χ1n) is 6.44. The summed E-state index contributed by atoms with van der Waals surface area (Å²) in [5.41, 5.74) is 3.68. The summed E-state index contributed by atoms with van der Waals surface area (Å²) in [4.78, 5) is 4.50. The summed E-state index contributed by atoms with van der Waals surface area (Å²) in [6.45, 7) is 5.95. The van der Waals surface area contributed by atoms with E-state index in [0.29, 0.717) is 0 Å². The smallest absolute Gasteiger partial charge is 0.119 e. The molecule has 0 aliphatic heterocycles. The molecule has 0 aliphatic rings. The Labute approximate surface area is 113 Å². The Morgan fingerprint density at radius 1 is 1.11 bits per heavy atom. The number of benzene rings is 1. The molecule has 1 aromatic carbocycles. The molecule has 2 aromatic rings. The number of rotatable bonds is 4. The summed E-state index contributed by atoms with van der Waals surface area (Å²) in [5.74, 6) is 0.863. The van der Waals surface area contributed by atoms with Gasteiger partial charge < -0.3 is 9.84 Å². The van der Waals surface area contributed by atoms with Crippen molar-refractivity contribution in [3.63, 3.8) is 0 Å². The molecule has 100 valence electrons. The van der Waals surface area contributed by atoms with Crippen LogP contribution in [-0.2, 0) is 6.61 Å². The molecule has 1 aromatic heterocycles. The lowest BCUT2D eigenvalue weighted by Crippen LogP contribution is -2.05. The van der Waals surface area contributed by atoms with Crippen LogP contribution in [0.1, 0.15) is 25.1 Å². The fourth-order valence-corrected chi connectivity index (χ4v) is 1.89. The number of ether oxygens (including phenoxy) is 1. The minimum absolute atomic E-state index is 0.0281. The second kappa shape index (κ2) is 5.85. The van der Waals surface area contributed by atoms with Crippen molar-refractivity contribution in [1.82, 2.24) is 4.98 Å². The summed E-state index contributed by atoms with van der Waals surface area (Å²) in [6, 6.07) is 11.7. The van der Waals surface area contributed by atoms with E-state index in [1.165, 1.54) is 0 Å². The number of aryl methyl sites for hydroxylation is 1. The van der Waals surface area contributed by atoms with Crippen LogP contribution in [0.15, 0.2) is 36.4 Å². The monoisotopic (exact) mass is 257 g/mol. The summed E-state index contributed by atoms with van der Waals surface area (Å²) in [6.07, 6.45) is 0.176. The van der Waals surface area contributed by atoms with E-state index < -0.39 is 0 Å². The Bertz CT molecular complexity index is 547. The molecule has 19 heavy (non-hydrogen) atoms. The van der Waals surface area contributed by atoms with Crippen LogP contribution in [0, 0.1) is 6.92 Å². The molecule has 3 nitrogen and oxygen atoms in total. The zero-order valence-corrected chi connectivity index (χ0v) is 11.6. The quantitative estimate of drug-likeness (QED) is 0.913. The van der Waals surface area contributed by atoms with E-state index in [0.717, 1.165) is 28.3 Å². The van der Waals surface area contributed by atoms with E-state index in [1.807, 2.05) is 57.2 Å². The molecule has 0 saturated heterocycles. The molecule has 0 unspecified atom stereocenters. The van der Waals surface area contributed by atoms with Gasteiger partial charge in [0.15, 0.2) is 0 Å². The fourth-order valence-electron chi connectivity index (χ4n) is 1.89. The third-order valence-corrected chi connectivity index (χ3v) is 2.89. The van der Waals surface area contributed by atoms with E-state index in [2.05, 4.69) is 4.98 Å². The fraction of sp³-hybridized carbons (Fsp3) is 0.312. The summed E-state index contributed by atoms with van der Waals surface area (Å²) < 4.78 is 5.61. The number of aliphatic hydroxyl groups excluding tert-OH is 1. The predicted octanol–water partition coefficient (Wildman–Crippen LogP) is 3.34. The van der Waals surface area contributed by atoms with Crippen LogP contribution < -0.4 is 4.74 Å². The van der Waals surface area contributed by atoms with Crippen molar-refractivity contribution in [1.29, 1.82) is 0 Å². The Kier molecular flexibility index (Phi) is 4.17. The number of nitrogens with zero attached hydrogens (tertiary/aromatic N) is 1. The minimum atomic E-state index is 0.0281. The Hall–Kier alpha value is -1.87. The molecule has 3 heteroatoms. The van der Waals surface area contributed by atoms with E-state index in [4.69, 9.17) is 9.84 Å². The van der Waals surface area contributed by atoms with Gasteiger partial charge in [0.2, 0.25) is 0 Å². The van der Waals surface area contributed by atoms with Crippen LogP contribution in [0.4, 0.5) is 0 Å². The van der Waals surface area contributed by atoms with Crippen molar-refractivity contribution in [3.8, 4) is 17.0 Å². The van der Waals surface area contributed by atoms with E-state index in [-0.39, 0.29) is 12.7 Å².